The van der Waals surface area contributed by atoms with E-state index in [4.69, 9.17) is 0 Å². The minimum atomic E-state index is -0.422. The molecule has 1 aromatic carbocycles. The first-order valence-corrected chi connectivity index (χ1v) is 8.23. The van der Waals surface area contributed by atoms with Gasteiger partial charge in [-0.1, -0.05) is 6.07 Å². The number of anilines is 1. The Balaban J connectivity index is 1.78. The van der Waals surface area contributed by atoms with Gasteiger partial charge in [-0.25, -0.2) is 0 Å². The predicted octanol–water partition coefficient (Wildman–Crippen LogP) is 1.79. The van der Waals surface area contributed by atoms with Crippen molar-refractivity contribution in [3.8, 4) is 0 Å². The standard InChI is InChI=1S/C19H21N3O3/c1-12-8-13(2)10-15(9-12)22-7-6-21(11-17(22)23)19(25)16-5-4-14(3)20-18(16)24/h4-5,8-10H,6-7,11H2,1-3H3,(H,20,24). The Morgan fingerprint density at radius 3 is 2.28 bits per heavy atom. The first-order valence-electron chi connectivity index (χ1n) is 8.23. The fourth-order valence-electron chi connectivity index (χ4n) is 3.14. The number of rotatable bonds is 2. The zero-order valence-corrected chi connectivity index (χ0v) is 14.6. The summed E-state index contributed by atoms with van der Waals surface area (Å²) in [5.74, 6) is -0.553. The number of H-pyrrole nitrogens is 1. The number of benzene rings is 1. The fourth-order valence-corrected chi connectivity index (χ4v) is 3.14. The number of carbonyl (C=O) groups excluding carboxylic acids is 2. The molecule has 1 aliphatic heterocycles. The van der Waals surface area contributed by atoms with Crippen molar-refractivity contribution in [2.45, 2.75) is 20.8 Å². The Morgan fingerprint density at radius 1 is 1.00 bits per heavy atom. The molecule has 3 rings (SSSR count). The zero-order chi connectivity index (χ0) is 18.1. The monoisotopic (exact) mass is 339 g/mol. The highest BCUT2D eigenvalue weighted by Crippen LogP contribution is 2.21. The van der Waals surface area contributed by atoms with Crippen LogP contribution in [0, 0.1) is 20.8 Å². The van der Waals surface area contributed by atoms with E-state index >= 15 is 0 Å². The van der Waals surface area contributed by atoms with Gasteiger partial charge in [0, 0.05) is 24.5 Å². The third-order valence-corrected chi connectivity index (χ3v) is 4.31. The van der Waals surface area contributed by atoms with Crippen molar-refractivity contribution in [3.63, 3.8) is 0 Å². The number of hydrogen-bond donors (Lipinski definition) is 1. The van der Waals surface area contributed by atoms with Crippen molar-refractivity contribution in [2.75, 3.05) is 24.5 Å². The zero-order valence-electron chi connectivity index (χ0n) is 14.6. The normalized spacial score (nSPS) is 14.8. The van der Waals surface area contributed by atoms with Crippen LogP contribution in [0.5, 0.6) is 0 Å². The molecule has 1 aromatic heterocycles. The minimum Gasteiger partial charge on any atom is -0.327 e. The van der Waals surface area contributed by atoms with E-state index in [9.17, 15) is 14.4 Å². The van der Waals surface area contributed by atoms with Gasteiger partial charge in [-0.2, -0.15) is 0 Å². The maximum absolute atomic E-state index is 12.6. The molecular formula is C19H21N3O3. The van der Waals surface area contributed by atoms with Crippen molar-refractivity contribution < 1.29 is 9.59 Å². The molecule has 2 heterocycles. The number of carbonyl (C=O) groups is 2. The van der Waals surface area contributed by atoms with Crippen molar-refractivity contribution in [2.24, 2.45) is 0 Å². The molecule has 6 nitrogen and oxygen atoms in total. The van der Waals surface area contributed by atoms with Crippen LogP contribution in [-0.4, -0.2) is 41.3 Å². The maximum atomic E-state index is 12.6. The lowest BCUT2D eigenvalue weighted by Gasteiger charge is -2.34. The molecule has 0 bridgehead atoms. The quantitative estimate of drug-likeness (QED) is 0.906. The second-order valence-corrected chi connectivity index (χ2v) is 6.50. The van der Waals surface area contributed by atoms with Gasteiger partial charge >= 0.3 is 0 Å². The summed E-state index contributed by atoms with van der Waals surface area (Å²) in [6.07, 6.45) is 0. The van der Waals surface area contributed by atoms with Crippen LogP contribution in [0.3, 0.4) is 0 Å². The average molecular weight is 339 g/mol. The lowest BCUT2D eigenvalue weighted by atomic mass is 10.1. The van der Waals surface area contributed by atoms with Gasteiger partial charge in [0.05, 0.1) is 0 Å². The van der Waals surface area contributed by atoms with Gasteiger partial charge < -0.3 is 14.8 Å². The number of hydrogen-bond acceptors (Lipinski definition) is 3. The van der Waals surface area contributed by atoms with Gasteiger partial charge in [0.15, 0.2) is 0 Å². The van der Waals surface area contributed by atoms with E-state index in [1.165, 1.54) is 11.0 Å². The largest absolute Gasteiger partial charge is 0.327 e. The Labute approximate surface area is 146 Å². The van der Waals surface area contributed by atoms with Crippen LogP contribution in [0.25, 0.3) is 0 Å². The Hall–Kier alpha value is -2.89. The molecule has 2 aromatic rings. The van der Waals surface area contributed by atoms with Crippen LogP contribution in [0.15, 0.2) is 35.1 Å². The topological polar surface area (TPSA) is 73.5 Å². The van der Waals surface area contributed by atoms with E-state index in [1.54, 1.807) is 17.9 Å². The van der Waals surface area contributed by atoms with E-state index in [2.05, 4.69) is 11.1 Å². The SMILES string of the molecule is Cc1cc(C)cc(N2CCN(C(=O)c3ccc(C)[nH]c3=O)CC2=O)c1. The molecule has 25 heavy (non-hydrogen) atoms. The third-order valence-electron chi connectivity index (χ3n) is 4.31. The number of aromatic nitrogens is 1. The van der Waals surface area contributed by atoms with E-state index in [0.29, 0.717) is 18.8 Å². The van der Waals surface area contributed by atoms with Gasteiger partial charge in [0.25, 0.3) is 11.5 Å². The Kier molecular flexibility index (Phi) is 4.44. The molecule has 130 valence electrons. The van der Waals surface area contributed by atoms with Gasteiger partial charge in [-0.3, -0.25) is 14.4 Å². The highest BCUT2D eigenvalue weighted by molar-refractivity contribution is 6.01. The molecule has 0 radical (unpaired) electrons. The number of piperazine rings is 1. The number of pyridine rings is 1. The molecule has 1 aliphatic rings. The molecule has 2 amide bonds. The first-order chi connectivity index (χ1) is 11.8. The van der Waals surface area contributed by atoms with Crippen LogP contribution in [0.1, 0.15) is 27.2 Å². The van der Waals surface area contributed by atoms with Crippen LogP contribution in [0.4, 0.5) is 5.69 Å². The van der Waals surface area contributed by atoms with E-state index in [1.807, 2.05) is 26.0 Å². The maximum Gasteiger partial charge on any atom is 0.260 e. The second-order valence-electron chi connectivity index (χ2n) is 6.50. The van der Waals surface area contributed by atoms with Crippen molar-refractivity contribution in [1.82, 2.24) is 9.88 Å². The summed E-state index contributed by atoms with van der Waals surface area (Å²) in [4.78, 5) is 42.8. The lowest BCUT2D eigenvalue weighted by molar-refractivity contribution is -0.120. The van der Waals surface area contributed by atoms with Gasteiger partial charge in [-0.05, 0) is 56.2 Å². The molecule has 1 N–H and O–H groups in total. The van der Waals surface area contributed by atoms with Crippen molar-refractivity contribution >= 4 is 17.5 Å². The summed E-state index contributed by atoms with van der Waals surface area (Å²) in [7, 11) is 0. The molecule has 6 heteroatoms. The first kappa shape index (κ1) is 17.0. The van der Waals surface area contributed by atoms with Gasteiger partial charge in [0.2, 0.25) is 5.91 Å². The summed E-state index contributed by atoms with van der Waals surface area (Å²) >= 11 is 0. The number of aromatic amines is 1. The second kappa shape index (κ2) is 6.55. The molecule has 0 spiro atoms. The third kappa shape index (κ3) is 3.47. The molecule has 1 fully saturated rings. The van der Waals surface area contributed by atoms with Crippen LogP contribution in [0.2, 0.25) is 0 Å². The molecular weight excluding hydrogens is 318 g/mol. The predicted molar refractivity (Wildman–Crippen MR) is 96.0 cm³/mol. The average Bonchev–Trinajstić information content (AvgIpc) is 2.53. The molecule has 1 saturated heterocycles. The number of aryl methyl sites for hydroxylation is 3. The Bertz CT molecular complexity index is 881. The van der Waals surface area contributed by atoms with E-state index in [0.717, 1.165) is 16.8 Å². The van der Waals surface area contributed by atoms with Gasteiger partial charge in [0.1, 0.15) is 12.1 Å². The van der Waals surface area contributed by atoms with Crippen molar-refractivity contribution in [1.29, 1.82) is 0 Å². The van der Waals surface area contributed by atoms with Gasteiger partial charge in [-0.15, -0.1) is 0 Å². The lowest BCUT2D eigenvalue weighted by Crippen LogP contribution is -2.53. The summed E-state index contributed by atoms with van der Waals surface area (Å²) in [6, 6.07) is 9.18. The van der Waals surface area contributed by atoms with Crippen LogP contribution >= 0.6 is 0 Å². The molecule has 0 aliphatic carbocycles. The molecule has 0 saturated carbocycles. The van der Waals surface area contributed by atoms with Crippen molar-refractivity contribution in [3.05, 3.63) is 63.1 Å². The highest BCUT2D eigenvalue weighted by Gasteiger charge is 2.29. The smallest absolute Gasteiger partial charge is 0.260 e. The summed E-state index contributed by atoms with van der Waals surface area (Å²) in [6.45, 7) is 6.51. The Morgan fingerprint density at radius 2 is 1.68 bits per heavy atom. The summed E-state index contributed by atoms with van der Waals surface area (Å²) in [5, 5.41) is 0. The van der Waals surface area contributed by atoms with Crippen LogP contribution < -0.4 is 10.5 Å². The van der Waals surface area contributed by atoms with E-state index in [-0.39, 0.29) is 18.0 Å². The summed E-state index contributed by atoms with van der Waals surface area (Å²) < 4.78 is 0. The molecule has 0 unspecified atom stereocenters. The summed E-state index contributed by atoms with van der Waals surface area (Å²) in [5.41, 5.74) is 3.37. The number of amides is 2. The number of nitrogens with one attached hydrogen (secondary N) is 1. The van der Waals surface area contributed by atoms with E-state index < -0.39 is 11.5 Å². The minimum absolute atomic E-state index is 0.0286. The highest BCUT2D eigenvalue weighted by atomic mass is 16.2. The van der Waals surface area contributed by atoms with Crippen LogP contribution in [-0.2, 0) is 4.79 Å². The fraction of sp³-hybridized carbons (Fsp3) is 0.316. The number of nitrogens with zero attached hydrogens (tertiary/aromatic N) is 2. The molecule has 0 atom stereocenters.